The Kier molecular flexibility index (Phi) is 3.75. The van der Waals surface area contributed by atoms with E-state index in [4.69, 9.17) is 0 Å². The zero-order valence-corrected chi connectivity index (χ0v) is 14.0. The molecule has 0 bridgehead atoms. The molecule has 1 fully saturated rings. The van der Waals surface area contributed by atoms with Gasteiger partial charge in [0, 0.05) is 31.6 Å². The first-order valence-corrected chi connectivity index (χ1v) is 8.23. The summed E-state index contributed by atoms with van der Waals surface area (Å²) in [5, 5.41) is 0. The fourth-order valence-electron chi connectivity index (χ4n) is 3.51. The summed E-state index contributed by atoms with van der Waals surface area (Å²) in [6.07, 6.45) is -4.21. The number of imidazole rings is 1. The lowest BCUT2D eigenvalue weighted by Gasteiger charge is -2.18. The summed E-state index contributed by atoms with van der Waals surface area (Å²) in [4.78, 5) is 18.5. The smallest absolute Gasteiger partial charge is 0.331 e. The second-order valence-electron chi connectivity index (χ2n) is 6.47. The van der Waals surface area contributed by atoms with E-state index in [1.807, 2.05) is 35.9 Å². The van der Waals surface area contributed by atoms with Crippen LogP contribution in [0.4, 0.5) is 18.9 Å². The normalized spacial score (nSPS) is 18.1. The molecule has 0 N–H and O–H groups in total. The Morgan fingerprint density at radius 3 is 2.62 bits per heavy atom. The summed E-state index contributed by atoms with van der Waals surface area (Å²) in [6, 6.07) is 12.6. The monoisotopic (exact) mass is 359 g/mol. The third-order valence-electron chi connectivity index (χ3n) is 4.80. The van der Waals surface area contributed by atoms with Crippen molar-refractivity contribution in [2.75, 3.05) is 11.4 Å². The van der Waals surface area contributed by atoms with Gasteiger partial charge in [0.05, 0.1) is 16.6 Å². The van der Waals surface area contributed by atoms with E-state index in [0.29, 0.717) is 6.54 Å². The van der Waals surface area contributed by atoms with Gasteiger partial charge in [-0.2, -0.15) is 13.2 Å². The molecular formula is C19H16F3N3O. The highest BCUT2D eigenvalue weighted by Crippen LogP contribution is 2.36. The lowest BCUT2D eigenvalue weighted by molar-refractivity contribution is -0.137. The summed E-state index contributed by atoms with van der Waals surface area (Å²) in [7, 11) is 1.89. The summed E-state index contributed by atoms with van der Waals surface area (Å²) >= 11 is 0. The number of hydrogen-bond donors (Lipinski definition) is 0. The third-order valence-corrected chi connectivity index (χ3v) is 4.80. The molecule has 0 aliphatic carbocycles. The van der Waals surface area contributed by atoms with Gasteiger partial charge in [-0.3, -0.25) is 4.79 Å². The molecule has 1 atom stereocenters. The van der Waals surface area contributed by atoms with Crippen molar-refractivity contribution >= 4 is 22.6 Å². The number of para-hydroxylation sites is 2. The van der Waals surface area contributed by atoms with Gasteiger partial charge in [0.15, 0.2) is 0 Å². The molecule has 4 rings (SSSR count). The molecule has 1 unspecified atom stereocenters. The Bertz CT molecular complexity index is 993. The second kappa shape index (κ2) is 5.86. The summed E-state index contributed by atoms with van der Waals surface area (Å²) < 4.78 is 40.8. The van der Waals surface area contributed by atoms with Crippen molar-refractivity contribution in [2.45, 2.75) is 18.5 Å². The minimum atomic E-state index is -4.43. The Labute approximate surface area is 147 Å². The van der Waals surface area contributed by atoms with Crippen LogP contribution in [0.1, 0.15) is 23.7 Å². The number of halogens is 3. The molecule has 1 aliphatic rings. The van der Waals surface area contributed by atoms with Crippen LogP contribution in [-0.4, -0.2) is 22.0 Å². The number of benzene rings is 2. The number of nitrogens with zero attached hydrogens (tertiary/aromatic N) is 3. The quantitative estimate of drug-likeness (QED) is 0.691. The topological polar surface area (TPSA) is 38.1 Å². The Hall–Kier alpha value is -2.83. The van der Waals surface area contributed by atoms with Crippen molar-refractivity contribution in [2.24, 2.45) is 7.05 Å². The number of aromatic nitrogens is 2. The number of fused-ring (bicyclic) bond motifs is 1. The van der Waals surface area contributed by atoms with Crippen molar-refractivity contribution in [3.05, 3.63) is 59.9 Å². The maximum absolute atomic E-state index is 12.9. The largest absolute Gasteiger partial charge is 0.416 e. The van der Waals surface area contributed by atoms with E-state index in [9.17, 15) is 18.0 Å². The lowest BCUT2D eigenvalue weighted by Crippen LogP contribution is -2.25. The molecule has 26 heavy (non-hydrogen) atoms. The van der Waals surface area contributed by atoms with Gasteiger partial charge in [-0.1, -0.05) is 18.2 Å². The fourth-order valence-corrected chi connectivity index (χ4v) is 3.51. The van der Waals surface area contributed by atoms with Crippen molar-refractivity contribution in [3.8, 4) is 0 Å². The average Bonchev–Trinajstić information content (AvgIpc) is 3.15. The number of hydrogen-bond acceptors (Lipinski definition) is 2. The predicted octanol–water partition coefficient (Wildman–Crippen LogP) is 4.11. The van der Waals surface area contributed by atoms with Crippen LogP contribution in [0, 0.1) is 0 Å². The Morgan fingerprint density at radius 1 is 1.12 bits per heavy atom. The van der Waals surface area contributed by atoms with E-state index in [-0.39, 0.29) is 23.9 Å². The number of alkyl halides is 3. The molecule has 1 amide bonds. The SMILES string of the molecule is Cn1c(C2CC(=O)N(c3cccc(C(F)(F)F)c3)C2)nc2ccccc21. The molecule has 1 aromatic heterocycles. The van der Waals surface area contributed by atoms with E-state index in [0.717, 1.165) is 29.0 Å². The van der Waals surface area contributed by atoms with Crippen LogP contribution in [-0.2, 0) is 18.0 Å². The third kappa shape index (κ3) is 2.73. The number of anilines is 1. The number of aryl methyl sites for hydroxylation is 1. The first-order valence-electron chi connectivity index (χ1n) is 8.23. The number of carbonyl (C=O) groups is 1. The van der Waals surface area contributed by atoms with Gasteiger partial charge >= 0.3 is 6.18 Å². The molecular weight excluding hydrogens is 343 g/mol. The van der Waals surface area contributed by atoms with E-state index in [1.165, 1.54) is 17.0 Å². The molecule has 2 aromatic carbocycles. The van der Waals surface area contributed by atoms with Crippen LogP contribution in [0.25, 0.3) is 11.0 Å². The van der Waals surface area contributed by atoms with Crippen molar-refractivity contribution < 1.29 is 18.0 Å². The highest BCUT2D eigenvalue weighted by Gasteiger charge is 2.36. The first kappa shape index (κ1) is 16.6. The second-order valence-corrected chi connectivity index (χ2v) is 6.47. The molecule has 1 saturated heterocycles. The van der Waals surface area contributed by atoms with Crippen LogP contribution in [0.15, 0.2) is 48.5 Å². The van der Waals surface area contributed by atoms with Crippen molar-refractivity contribution in [1.29, 1.82) is 0 Å². The molecule has 4 nitrogen and oxygen atoms in total. The van der Waals surface area contributed by atoms with Crippen LogP contribution < -0.4 is 4.90 Å². The van der Waals surface area contributed by atoms with Gasteiger partial charge in [-0.25, -0.2) is 4.98 Å². The Morgan fingerprint density at radius 2 is 1.88 bits per heavy atom. The van der Waals surface area contributed by atoms with Crippen molar-refractivity contribution in [1.82, 2.24) is 9.55 Å². The molecule has 0 saturated carbocycles. The number of amides is 1. The van der Waals surface area contributed by atoms with Crippen LogP contribution in [0.5, 0.6) is 0 Å². The molecule has 7 heteroatoms. The van der Waals surface area contributed by atoms with Crippen LogP contribution in [0.3, 0.4) is 0 Å². The molecule has 0 spiro atoms. The van der Waals surface area contributed by atoms with Crippen LogP contribution in [0.2, 0.25) is 0 Å². The minimum absolute atomic E-state index is 0.158. The lowest BCUT2D eigenvalue weighted by atomic mass is 10.1. The van der Waals surface area contributed by atoms with Gasteiger partial charge in [0.2, 0.25) is 5.91 Å². The molecule has 3 aromatic rings. The minimum Gasteiger partial charge on any atom is -0.331 e. The predicted molar refractivity (Wildman–Crippen MR) is 91.9 cm³/mol. The van der Waals surface area contributed by atoms with Crippen molar-refractivity contribution in [3.63, 3.8) is 0 Å². The highest BCUT2D eigenvalue weighted by molar-refractivity contribution is 5.96. The average molecular weight is 359 g/mol. The number of rotatable bonds is 2. The maximum atomic E-state index is 12.9. The fraction of sp³-hybridized carbons (Fsp3) is 0.263. The molecule has 0 radical (unpaired) electrons. The zero-order chi connectivity index (χ0) is 18.5. The van der Waals surface area contributed by atoms with Gasteiger partial charge < -0.3 is 9.47 Å². The molecule has 134 valence electrons. The first-order chi connectivity index (χ1) is 12.3. The molecule has 2 heterocycles. The highest BCUT2D eigenvalue weighted by atomic mass is 19.4. The number of carbonyl (C=O) groups excluding carboxylic acids is 1. The van der Waals surface area contributed by atoms with E-state index >= 15 is 0 Å². The standard InChI is InChI=1S/C19H16F3N3O/c1-24-16-8-3-2-7-15(16)23-18(24)12-9-17(26)25(11-12)14-6-4-5-13(10-14)19(20,21)22/h2-8,10,12H,9,11H2,1H3. The van der Waals surface area contributed by atoms with E-state index < -0.39 is 11.7 Å². The molecule has 1 aliphatic heterocycles. The Balaban J connectivity index is 1.66. The van der Waals surface area contributed by atoms with E-state index in [1.54, 1.807) is 0 Å². The van der Waals surface area contributed by atoms with Gasteiger partial charge in [-0.05, 0) is 30.3 Å². The maximum Gasteiger partial charge on any atom is 0.416 e. The van der Waals surface area contributed by atoms with E-state index in [2.05, 4.69) is 4.98 Å². The van der Waals surface area contributed by atoms with Gasteiger partial charge in [0.25, 0.3) is 0 Å². The zero-order valence-electron chi connectivity index (χ0n) is 14.0. The van der Waals surface area contributed by atoms with Crippen LogP contribution >= 0.6 is 0 Å². The summed E-state index contributed by atoms with van der Waals surface area (Å²) in [6.45, 7) is 0.317. The van der Waals surface area contributed by atoms with Gasteiger partial charge in [0.1, 0.15) is 5.82 Å². The van der Waals surface area contributed by atoms with Gasteiger partial charge in [-0.15, -0.1) is 0 Å². The summed E-state index contributed by atoms with van der Waals surface area (Å²) in [5.74, 6) is 0.421. The summed E-state index contributed by atoms with van der Waals surface area (Å²) in [5.41, 5.74) is 1.32.